The van der Waals surface area contributed by atoms with Gasteiger partial charge in [-0.1, -0.05) is 0 Å². The van der Waals surface area contributed by atoms with Crippen LogP contribution in [0.2, 0.25) is 0 Å². The average Bonchev–Trinajstić information content (AvgIpc) is 3.08. The van der Waals surface area contributed by atoms with Crippen LogP contribution in [0.5, 0.6) is 0 Å². The lowest BCUT2D eigenvalue weighted by atomic mass is 10.1. The first-order valence-electron chi connectivity index (χ1n) is 9.95. The Morgan fingerprint density at radius 3 is 2.87 bits per heavy atom. The van der Waals surface area contributed by atoms with E-state index in [1.807, 2.05) is 24.2 Å². The fraction of sp³-hybridized carbons (Fsp3) is 0.400. The Kier molecular flexibility index (Phi) is 4.34. The number of aryl methyl sites for hydroxylation is 1. The summed E-state index contributed by atoms with van der Waals surface area (Å²) in [5.41, 5.74) is 2.98. The van der Waals surface area contributed by atoms with E-state index in [9.17, 15) is 9.59 Å². The van der Waals surface area contributed by atoms with Gasteiger partial charge in [-0.2, -0.15) is 10.1 Å². The molecule has 3 N–H and O–H groups in total. The maximum atomic E-state index is 12.8. The number of rotatable bonds is 5. The van der Waals surface area contributed by atoms with Crippen molar-refractivity contribution in [2.75, 3.05) is 23.3 Å². The molecule has 1 saturated carbocycles. The molecule has 10 heteroatoms. The van der Waals surface area contributed by atoms with Crippen LogP contribution in [0.15, 0.2) is 29.0 Å². The third-order valence-corrected chi connectivity index (χ3v) is 5.57. The van der Waals surface area contributed by atoms with Gasteiger partial charge in [0.15, 0.2) is 5.69 Å². The SMILES string of the molecule is Cn1cc2cc(NC(=O)c3coc(N4CC[C@H](NC(=O)O)C4)n3)c(C3CC3)cc2n1. The summed E-state index contributed by atoms with van der Waals surface area (Å²) in [6, 6.07) is 4.15. The van der Waals surface area contributed by atoms with E-state index in [1.165, 1.54) is 6.26 Å². The van der Waals surface area contributed by atoms with Crippen molar-refractivity contribution in [3.8, 4) is 0 Å². The third kappa shape index (κ3) is 3.56. The first-order chi connectivity index (χ1) is 14.5. The van der Waals surface area contributed by atoms with E-state index in [4.69, 9.17) is 9.52 Å². The van der Waals surface area contributed by atoms with Gasteiger partial charge in [0.1, 0.15) is 6.26 Å². The van der Waals surface area contributed by atoms with Gasteiger partial charge in [-0.25, -0.2) is 4.79 Å². The number of carboxylic acid groups (broad SMARTS) is 1. The summed E-state index contributed by atoms with van der Waals surface area (Å²) in [4.78, 5) is 29.8. The molecule has 30 heavy (non-hydrogen) atoms. The number of carbonyl (C=O) groups is 2. The van der Waals surface area contributed by atoms with E-state index in [0.29, 0.717) is 31.4 Å². The summed E-state index contributed by atoms with van der Waals surface area (Å²) in [6.45, 7) is 1.06. The van der Waals surface area contributed by atoms with Crippen LogP contribution in [-0.4, -0.2) is 51.0 Å². The van der Waals surface area contributed by atoms with Crippen molar-refractivity contribution in [1.29, 1.82) is 0 Å². The monoisotopic (exact) mass is 410 g/mol. The lowest BCUT2D eigenvalue weighted by Gasteiger charge is -2.13. The van der Waals surface area contributed by atoms with Crippen LogP contribution in [-0.2, 0) is 7.05 Å². The molecule has 2 amide bonds. The predicted octanol–water partition coefficient (Wildman–Crippen LogP) is 2.54. The van der Waals surface area contributed by atoms with Crippen LogP contribution in [0.4, 0.5) is 16.5 Å². The molecule has 1 atom stereocenters. The second-order valence-corrected chi connectivity index (χ2v) is 7.93. The average molecular weight is 410 g/mol. The molecule has 10 nitrogen and oxygen atoms in total. The highest BCUT2D eigenvalue weighted by Crippen LogP contribution is 2.44. The summed E-state index contributed by atoms with van der Waals surface area (Å²) in [5.74, 6) is 0.109. The highest BCUT2D eigenvalue weighted by atomic mass is 16.4. The molecule has 156 valence electrons. The van der Waals surface area contributed by atoms with E-state index in [-0.39, 0.29) is 17.6 Å². The summed E-state index contributed by atoms with van der Waals surface area (Å²) in [7, 11) is 1.88. The standard InChI is InChI=1S/C20H22N6O4/c1-25-8-12-6-16(14(11-2-3-11)7-15(12)24-25)22-18(27)17-10-30-19(23-17)26-5-4-13(9-26)21-20(28)29/h6-8,10-11,13,21H,2-5,9H2,1H3,(H,22,27)(H,28,29)/t13-/m0/s1. The lowest BCUT2D eigenvalue weighted by Crippen LogP contribution is -2.36. The molecule has 1 saturated heterocycles. The zero-order chi connectivity index (χ0) is 20.8. The maximum absolute atomic E-state index is 12.8. The van der Waals surface area contributed by atoms with Gasteiger partial charge < -0.3 is 25.1 Å². The van der Waals surface area contributed by atoms with Crippen molar-refractivity contribution in [3.63, 3.8) is 0 Å². The minimum atomic E-state index is -1.05. The van der Waals surface area contributed by atoms with E-state index in [1.54, 1.807) is 4.68 Å². The van der Waals surface area contributed by atoms with Gasteiger partial charge >= 0.3 is 6.09 Å². The number of carbonyl (C=O) groups excluding carboxylic acids is 1. The Balaban J connectivity index is 1.33. The third-order valence-electron chi connectivity index (χ3n) is 5.57. The quantitative estimate of drug-likeness (QED) is 0.590. The zero-order valence-corrected chi connectivity index (χ0v) is 16.5. The molecule has 0 radical (unpaired) electrons. The highest BCUT2D eigenvalue weighted by molar-refractivity contribution is 6.04. The fourth-order valence-corrected chi connectivity index (χ4v) is 3.98. The van der Waals surface area contributed by atoms with Crippen molar-refractivity contribution < 1.29 is 19.1 Å². The van der Waals surface area contributed by atoms with Gasteiger partial charge in [-0.3, -0.25) is 9.48 Å². The molecule has 2 fully saturated rings. The van der Waals surface area contributed by atoms with E-state index < -0.39 is 6.09 Å². The summed E-state index contributed by atoms with van der Waals surface area (Å²) in [5, 5.41) is 19.7. The Morgan fingerprint density at radius 1 is 1.27 bits per heavy atom. The summed E-state index contributed by atoms with van der Waals surface area (Å²) < 4.78 is 7.25. The van der Waals surface area contributed by atoms with Crippen molar-refractivity contribution in [2.45, 2.75) is 31.2 Å². The Morgan fingerprint density at radius 2 is 2.10 bits per heavy atom. The van der Waals surface area contributed by atoms with Crippen LogP contribution < -0.4 is 15.5 Å². The van der Waals surface area contributed by atoms with Crippen LogP contribution in [0.25, 0.3) is 10.9 Å². The molecule has 5 rings (SSSR count). The van der Waals surface area contributed by atoms with Gasteiger partial charge in [0.05, 0.1) is 11.6 Å². The highest BCUT2D eigenvalue weighted by Gasteiger charge is 2.29. The minimum Gasteiger partial charge on any atom is -0.465 e. The first kappa shape index (κ1) is 18.5. The second-order valence-electron chi connectivity index (χ2n) is 7.93. The molecule has 0 spiro atoms. The Labute approximate surface area is 171 Å². The van der Waals surface area contributed by atoms with Crippen LogP contribution in [0, 0.1) is 0 Å². The molecule has 1 aliphatic carbocycles. The first-order valence-corrected chi connectivity index (χ1v) is 9.95. The number of amides is 2. The van der Waals surface area contributed by atoms with Crippen molar-refractivity contribution in [3.05, 3.63) is 35.9 Å². The van der Waals surface area contributed by atoms with Crippen LogP contribution in [0.3, 0.4) is 0 Å². The molecule has 3 aromatic rings. The number of nitrogens with one attached hydrogen (secondary N) is 2. The summed E-state index contributed by atoms with van der Waals surface area (Å²) >= 11 is 0. The molecule has 1 aromatic carbocycles. The largest absolute Gasteiger partial charge is 0.465 e. The number of aromatic nitrogens is 3. The van der Waals surface area contributed by atoms with Gasteiger partial charge in [0.2, 0.25) is 0 Å². The number of anilines is 2. The molecular formula is C20H22N6O4. The van der Waals surface area contributed by atoms with Gasteiger partial charge in [0.25, 0.3) is 11.9 Å². The van der Waals surface area contributed by atoms with Gasteiger partial charge in [-0.15, -0.1) is 0 Å². The molecule has 3 heterocycles. The van der Waals surface area contributed by atoms with Crippen LogP contribution >= 0.6 is 0 Å². The van der Waals surface area contributed by atoms with Crippen molar-refractivity contribution in [1.82, 2.24) is 20.1 Å². The molecular weight excluding hydrogens is 388 g/mol. The predicted molar refractivity (Wildman–Crippen MR) is 109 cm³/mol. The lowest BCUT2D eigenvalue weighted by molar-refractivity contribution is 0.102. The second kappa shape index (κ2) is 7.05. The Bertz CT molecular complexity index is 1130. The van der Waals surface area contributed by atoms with Crippen molar-refractivity contribution in [2.24, 2.45) is 7.05 Å². The number of oxazole rings is 1. The van der Waals surface area contributed by atoms with Crippen molar-refractivity contribution >= 4 is 34.6 Å². The smallest absolute Gasteiger partial charge is 0.404 e. The van der Waals surface area contributed by atoms with E-state index in [0.717, 1.165) is 35.0 Å². The Hall–Kier alpha value is -3.56. The van der Waals surface area contributed by atoms with Gasteiger partial charge in [0, 0.05) is 37.4 Å². The fourth-order valence-electron chi connectivity index (χ4n) is 3.98. The van der Waals surface area contributed by atoms with E-state index >= 15 is 0 Å². The number of benzene rings is 1. The normalized spacial score (nSPS) is 18.7. The molecule has 1 aliphatic heterocycles. The zero-order valence-electron chi connectivity index (χ0n) is 16.5. The minimum absolute atomic E-state index is 0.181. The number of fused-ring (bicyclic) bond motifs is 1. The topological polar surface area (TPSA) is 126 Å². The maximum Gasteiger partial charge on any atom is 0.404 e. The van der Waals surface area contributed by atoms with Gasteiger partial charge in [-0.05, 0) is 42.9 Å². The summed E-state index contributed by atoms with van der Waals surface area (Å²) in [6.07, 6.45) is 5.08. The van der Waals surface area contributed by atoms with E-state index in [2.05, 4.69) is 26.8 Å². The molecule has 0 unspecified atom stereocenters. The molecule has 2 aliphatic rings. The number of nitrogens with zero attached hydrogens (tertiary/aromatic N) is 4. The number of hydrogen-bond donors (Lipinski definition) is 3. The van der Waals surface area contributed by atoms with Crippen LogP contribution in [0.1, 0.15) is 41.2 Å². The molecule has 2 aromatic heterocycles. The molecule has 0 bridgehead atoms. The number of hydrogen-bond acceptors (Lipinski definition) is 6.